The van der Waals surface area contributed by atoms with Crippen LogP contribution in [-0.2, 0) is 6.42 Å². The highest BCUT2D eigenvalue weighted by Crippen LogP contribution is 2.34. The van der Waals surface area contributed by atoms with Crippen LogP contribution in [0.3, 0.4) is 0 Å². The van der Waals surface area contributed by atoms with E-state index in [-0.39, 0.29) is 5.91 Å². The maximum atomic E-state index is 13.2. The van der Waals surface area contributed by atoms with Crippen LogP contribution in [-0.4, -0.2) is 38.8 Å². The Bertz CT molecular complexity index is 1010. The van der Waals surface area contributed by atoms with Gasteiger partial charge in [0.05, 0.1) is 21.3 Å². The number of pyridine rings is 1. The first-order valence-electron chi connectivity index (χ1n) is 8.66. The number of carbonyl (C=O) groups is 1. The van der Waals surface area contributed by atoms with Gasteiger partial charge in [-0.2, -0.15) is 0 Å². The summed E-state index contributed by atoms with van der Waals surface area (Å²) < 4.78 is 16.0. The highest BCUT2D eigenvalue weighted by molar-refractivity contribution is 6.08. The summed E-state index contributed by atoms with van der Waals surface area (Å²) in [4.78, 5) is 19.6. The zero-order valence-corrected chi connectivity index (χ0v) is 15.5. The molecule has 6 nitrogen and oxygen atoms in total. The Labute approximate surface area is 157 Å². The molecule has 0 bridgehead atoms. The summed E-state index contributed by atoms with van der Waals surface area (Å²) in [6.45, 7) is 0.583. The molecule has 0 radical (unpaired) electrons. The molecule has 3 aromatic rings. The molecule has 2 aromatic carbocycles. The second-order valence-electron chi connectivity index (χ2n) is 6.31. The van der Waals surface area contributed by atoms with Crippen molar-refractivity contribution in [2.24, 2.45) is 0 Å². The summed E-state index contributed by atoms with van der Waals surface area (Å²) in [5, 5.41) is 1.01. The third-order valence-electron chi connectivity index (χ3n) is 4.79. The number of benzene rings is 2. The van der Waals surface area contributed by atoms with Crippen molar-refractivity contribution in [3.63, 3.8) is 0 Å². The quantitative estimate of drug-likeness (QED) is 0.709. The molecule has 4 rings (SSSR count). The first kappa shape index (κ1) is 17.1. The van der Waals surface area contributed by atoms with Crippen LogP contribution in [0.25, 0.3) is 10.9 Å². The van der Waals surface area contributed by atoms with Crippen molar-refractivity contribution in [1.29, 1.82) is 0 Å². The number of hydrogen-bond donors (Lipinski definition) is 0. The van der Waals surface area contributed by atoms with Crippen molar-refractivity contribution in [3.05, 3.63) is 53.6 Å². The first-order valence-corrected chi connectivity index (χ1v) is 8.66. The van der Waals surface area contributed by atoms with Crippen LogP contribution in [0, 0.1) is 0 Å². The van der Waals surface area contributed by atoms with E-state index in [0.717, 1.165) is 22.9 Å². The molecule has 1 aliphatic heterocycles. The molecule has 2 heterocycles. The van der Waals surface area contributed by atoms with Crippen LogP contribution in [0.2, 0.25) is 0 Å². The minimum atomic E-state index is -0.132. The summed E-state index contributed by atoms with van der Waals surface area (Å²) in [5.74, 6) is 2.39. The molecule has 0 saturated heterocycles. The van der Waals surface area contributed by atoms with Crippen molar-refractivity contribution in [2.75, 3.05) is 32.8 Å². The van der Waals surface area contributed by atoms with Gasteiger partial charge in [0.25, 0.3) is 5.91 Å². The van der Waals surface area contributed by atoms with Gasteiger partial charge in [-0.15, -0.1) is 0 Å². The van der Waals surface area contributed by atoms with E-state index in [0.29, 0.717) is 35.2 Å². The summed E-state index contributed by atoms with van der Waals surface area (Å²) in [6, 6.07) is 13.1. The van der Waals surface area contributed by atoms with E-state index in [1.807, 2.05) is 18.2 Å². The molecule has 27 heavy (non-hydrogen) atoms. The number of nitrogens with zero attached hydrogens (tertiary/aromatic N) is 2. The summed E-state index contributed by atoms with van der Waals surface area (Å²) in [5.41, 5.74) is 2.31. The zero-order valence-electron chi connectivity index (χ0n) is 15.5. The van der Waals surface area contributed by atoms with E-state index < -0.39 is 0 Å². The van der Waals surface area contributed by atoms with Gasteiger partial charge >= 0.3 is 0 Å². The topological polar surface area (TPSA) is 60.9 Å². The Hall–Kier alpha value is -3.28. The number of carbonyl (C=O) groups excluding carboxylic acids is 1. The standard InChI is InChI=1S/C21H20N2O4/c1-25-16-10-15(11-17(12-16)26-2)21(24)23-8-7-14-9-13-5-4-6-18(27-3)19(13)22-20(14)23/h4-6,9-12H,7-8H2,1-3H3. The number of methoxy groups -OCH3 is 3. The van der Waals surface area contributed by atoms with Gasteiger partial charge in [-0.1, -0.05) is 12.1 Å². The van der Waals surface area contributed by atoms with E-state index in [9.17, 15) is 4.79 Å². The summed E-state index contributed by atoms with van der Waals surface area (Å²) >= 11 is 0. The van der Waals surface area contributed by atoms with Gasteiger partial charge in [-0.3, -0.25) is 9.69 Å². The predicted octanol–water partition coefficient (Wildman–Crippen LogP) is 3.46. The van der Waals surface area contributed by atoms with Gasteiger partial charge in [0.2, 0.25) is 0 Å². The molecular weight excluding hydrogens is 344 g/mol. The largest absolute Gasteiger partial charge is 0.497 e. The molecule has 0 atom stereocenters. The van der Waals surface area contributed by atoms with Gasteiger partial charge in [-0.25, -0.2) is 4.98 Å². The molecule has 6 heteroatoms. The van der Waals surface area contributed by atoms with Crippen LogP contribution in [0.15, 0.2) is 42.5 Å². The lowest BCUT2D eigenvalue weighted by Gasteiger charge is -2.18. The van der Waals surface area contributed by atoms with Crippen LogP contribution in [0.1, 0.15) is 15.9 Å². The van der Waals surface area contributed by atoms with Crippen molar-refractivity contribution in [3.8, 4) is 17.2 Å². The lowest BCUT2D eigenvalue weighted by atomic mass is 10.1. The first-order chi connectivity index (χ1) is 13.1. The summed E-state index contributed by atoms with van der Waals surface area (Å²) in [6.07, 6.45) is 0.766. The minimum absolute atomic E-state index is 0.132. The highest BCUT2D eigenvalue weighted by Gasteiger charge is 2.28. The Morgan fingerprint density at radius 1 is 1.00 bits per heavy atom. The molecule has 1 aromatic heterocycles. The number of para-hydroxylation sites is 1. The van der Waals surface area contributed by atoms with Gasteiger partial charge in [0, 0.05) is 23.6 Å². The Kier molecular flexibility index (Phi) is 4.32. The molecule has 0 saturated carbocycles. The van der Waals surface area contributed by atoms with Gasteiger partial charge in [0.15, 0.2) is 0 Å². The lowest BCUT2D eigenvalue weighted by molar-refractivity contribution is 0.0988. The van der Waals surface area contributed by atoms with Gasteiger partial charge < -0.3 is 14.2 Å². The fourth-order valence-corrected chi connectivity index (χ4v) is 3.41. The third kappa shape index (κ3) is 2.93. The summed E-state index contributed by atoms with van der Waals surface area (Å²) in [7, 11) is 4.75. The molecule has 1 amide bonds. The number of hydrogen-bond acceptors (Lipinski definition) is 5. The number of rotatable bonds is 4. The number of fused-ring (bicyclic) bond motifs is 2. The van der Waals surface area contributed by atoms with E-state index in [1.54, 1.807) is 44.4 Å². The SMILES string of the molecule is COc1cc(OC)cc(C(=O)N2CCc3cc4cccc(OC)c4nc32)c1. The van der Waals surface area contributed by atoms with Crippen LogP contribution < -0.4 is 19.1 Å². The second kappa shape index (κ2) is 6.79. The Morgan fingerprint density at radius 3 is 2.41 bits per heavy atom. The van der Waals surface area contributed by atoms with E-state index in [2.05, 4.69) is 6.07 Å². The number of anilines is 1. The molecule has 0 aliphatic carbocycles. The molecule has 0 fully saturated rings. The number of ether oxygens (including phenoxy) is 3. The van der Waals surface area contributed by atoms with Crippen LogP contribution in [0.5, 0.6) is 17.2 Å². The highest BCUT2D eigenvalue weighted by atomic mass is 16.5. The number of amides is 1. The maximum Gasteiger partial charge on any atom is 0.259 e. The molecule has 0 unspecified atom stereocenters. The Morgan fingerprint density at radius 2 is 1.74 bits per heavy atom. The van der Waals surface area contributed by atoms with Crippen molar-refractivity contribution in [2.45, 2.75) is 6.42 Å². The van der Waals surface area contributed by atoms with Crippen LogP contribution >= 0.6 is 0 Å². The van der Waals surface area contributed by atoms with E-state index in [4.69, 9.17) is 19.2 Å². The number of aromatic nitrogens is 1. The molecular formula is C21H20N2O4. The Balaban J connectivity index is 1.78. The second-order valence-corrected chi connectivity index (χ2v) is 6.31. The molecule has 138 valence electrons. The van der Waals surface area contributed by atoms with Crippen molar-refractivity contribution >= 4 is 22.6 Å². The van der Waals surface area contributed by atoms with Crippen molar-refractivity contribution in [1.82, 2.24) is 4.98 Å². The fraction of sp³-hybridized carbons (Fsp3) is 0.238. The van der Waals surface area contributed by atoms with E-state index >= 15 is 0 Å². The van der Waals surface area contributed by atoms with Crippen LogP contribution in [0.4, 0.5) is 5.82 Å². The van der Waals surface area contributed by atoms with Gasteiger partial charge in [-0.05, 0) is 36.2 Å². The maximum absolute atomic E-state index is 13.2. The average molecular weight is 364 g/mol. The monoisotopic (exact) mass is 364 g/mol. The lowest BCUT2D eigenvalue weighted by Crippen LogP contribution is -2.29. The minimum Gasteiger partial charge on any atom is -0.497 e. The zero-order chi connectivity index (χ0) is 19.0. The molecule has 0 N–H and O–H groups in total. The average Bonchev–Trinajstić information content (AvgIpc) is 3.13. The van der Waals surface area contributed by atoms with E-state index in [1.165, 1.54) is 0 Å². The fourth-order valence-electron chi connectivity index (χ4n) is 3.41. The van der Waals surface area contributed by atoms with Crippen molar-refractivity contribution < 1.29 is 19.0 Å². The molecule has 1 aliphatic rings. The predicted molar refractivity (Wildman–Crippen MR) is 103 cm³/mol. The van der Waals surface area contributed by atoms with Gasteiger partial charge in [0.1, 0.15) is 28.6 Å². The smallest absolute Gasteiger partial charge is 0.259 e. The molecule has 0 spiro atoms. The third-order valence-corrected chi connectivity index (χ3v) is 4.79. The normalized spacial score (nSPS) is 12.8.